The molecule has 3 nitrogen and oxygen atoms in total. The van der Waals surface area contributed by atoms with Gasteiger partial charge in [-0.15, -0.1) is 24.2 Å². The van der Waals surface area contributed by atoms with Crippen molar-refractivity contribution in [3.8, 4) is 0 Å². The Bertz CT molecular complexity index is 439. The summed E-state index contributed by atoms with van der Waals surface area (Å²) in [5, 5.41) is 4.49. The van der Waals surface area contributed by atoms with Gasteiger partial charge in [0.1, 0.15) is 0 Å². The maximum atomic E-state index is 12.0. The van der Waals surface area contributed by atoms with Crippen LogP contribution in [0.2, 0.25) is 10.0 Å². The van der Waals surface area contributed by atoms with Gasteiger partial charge in [0.25, 0.3) is 0 Å². The van der Waals surface area contributed by atoms with Crippen molar-refractivity contribution in [3.63, 3.8) is 0 Å². The second kappa shape index (κ2) is 8.22. The lowest BCUT2D eigenvalue weighted by molar-refractivity contribution is -0.128. The highest BCUT2D eigenvalue weighted by atomic mass is 35.5. The van der Waals surface area contributed by atoms with Crippen LogP contribution in [-0.4, -0.2) is 42.7 Å². The van der Waals surface area contributed by atoms with Crippen LogP contribution in [0, 0.1) is 0 Å². The second-order valence-electron chi connectivity index (χ2n) is 3.99. The highest BCUT2D eigenvalue weighted by Gasteiger charge is 2.16. The molecule has 19 heavy (non-hydrogen) atoms. The molecule has 0 unspecified atom stereocenters. The molecule has 1 aromatic rings. The normalized spacial score (nSPS) is 14.9. The molecule has 1 aliphatic rings. The molecule has 7 heteroatoms. The zero-order valence-electron chi connectivity index (χ0n) is 10.2. The first-order valence-electron chi connectivity index (χ1n) is 5.73. The monoisotopic (exact) mass is 340 g/mol. The topological polar surface area (TPSA) is 32.3 Å². The molecule has 1 heterocycles. The van der Waals surface area contributed by atoms with Crippen molar-refractivity contribution in [1.29, 1.82) is 0 Å². The largest absolute Gasteiger partial charge is 0.339 e. The van der Waals surface area contributed by atoms with Crippen LogP contribution in [0.3, 0.4) is 0 Å². The molecule has 1 N–H and O–H groups in total. The zero-order valence-corrected chi connectivity index (χ0v) is 13.3. The highest BCUT2D eigenvalue weighted by Crippen LogP contribution is 2.29. The maximum Gasteiger partial charge on any atom is 0.233 e. The van der Waals surface area contributed by atoms with Gasteiger partial charge in [-0.3, -0.25) is 4.79 Å². The zero-order chi connectivity index (χ0) is 13.0. The molecule has 1 aliphatic heterocycles. The first-order chi connectivity index (χ1) is 8.66. The lowest BCUT2D eigenvalue weighted by Gasteiger charge is -2.27. The fourth-order valence-corrected chi connectivity index (χ4v) is 3.13. The summed E-state index contributed by atoms with van der Waals surface area (Å²) in [6.07, 6.45) is 0. The van der Waals surface area contributed by atoms with Gasteiger partial charge in [-0.1, -0.05) is 23.2 Å². The van der Waals surface area contributed by atoms with Gasteiger partial charge >= 0.3 is 0 Å². The minimum atomic E-state index is 0. The van der Waals surface area contributed by atoms with Crippen LogP contribution >= 0.6 is 47.4 Å². The Morgan fingerprint density at radius 2 is 2.00 bits per heavy atom. The van der Waals surface area contributed by atoms with Crippen molar-refractivity contribution in [1.82, 2.24) is 10.2 Å². The fourth-order valence-electron chi connectivity index (χ4n) is 1.73. The van der Waals surface area contributed by atoms with Gasteiger partial charge < -0.3 is 10.2 Å². The van der Waals surface area contributed by atoms with Gasteiger partial charge in [0.05, 0.1) is 10.8 Å². The number of nitrogens with zero attached hydrogens (tertiary/aromatic N) is 1. The van der Waals surface area contributed by atoms with E-state index in [0.717, 1.165) is 31.1 Å². The summed E-state index contributed by atoms with van der Waals surface area (Å²) >= 11 is 13.4. The Morgan fingerprint density at radius 1 is 1.32 bits per heavy atom. The number of hydrogen-bond acceptors (Lipinski definition) is 3. The van der Waals surface area contributed by atoms with Crippen molar-refractivity contribution < 1.29 is 4.79 Å². The molecule has 0 spiro atoms. The van der Waals surface area contributed by atoms with Crippen LogP contribution in [0.25, 0.3) is 0 Å². The summed E-state index contributed by atoms with van der Waals surface area (Å²) in [5.74, 6) is 0.553. The van der Waals surface area contributed by atoms with E-state index in [1.807, 2.05) is 4.90 Å². The predicted molar refractivity (Wildman–Crippen MR) is 83.9 cm³/mol. The van der Waals surface area contributed by atoms with Crippen LogP contribution in [0.1, 0.15) is 0 Å². The van der Waals surface area contributed by atoms with E-state index in [-0.39, 0.29) is 18.3 Å². The van der Waals surface area contributed by atoms with Gasteiger partial charge in [0.2, 0.25) is 5.91 Å². The smallest absolute Gasteiger partial charge is 0.233 e. The molecule has 1 fully saturated rings. The van der Waals surface area contributed by atoms with Gasteiger partial charge in [-0.2, -0.15) is 0 Å². The molecule has 106 valence electrons. The quantitative estimate of drug-likeness (QED) is 0.858. The molecule has 0 atom stereocenters. The van der Waals surface area contributed by atoms with Crippen molar-refractivity contribution in [2.24, 2.45) is 0 Å². The van der Waals surface area contributed by atoms with Crippen molar-refractivity contribution in [3.05, 3.63) is 28.2 Å². The summed E-state index contributed by atoms with van der Waals surface area (Å²) in [6.45, 7) is 3.30. The second-order valence-corrected chi connectivity index (χ2v) is 5.86. The average molecular weight is 342 g/mol. The van der Waals surface area contributed by atoms with E-state index in [2.05, 4.69) is 5.32 Å². The molecular formula is C12H15Cl3N2OS. The van der Waals surface area contributed by atoms with E-state index >= 15 is 0 Å². The first kappa shape index (κ1) is 16.9. The molecule has 0 aliphatic carbocycles. The third-order valence-corrected chi connectivity index (χ3v) is 4.43. The molecular weight excluding hydrogens is 327 g/mol. The number of amides is 1. The van der Waals surface area contributed by atoms with Crippen molar-refractivity contribution in [2.45, 2.75) is 4.90 Å². The molecule has 0 radical (unpaired) electrons. The average Bonchev–Trinajstić information content (AvgIpc) is 2.40. The number of nitrogens with one attached hydrogen (secondary N) is 1. The molecule has 1 amide bonds. The van der Waals surface area contributed by atoms with E-state index in [4.69, 9.17) is 23.2 Å². The van der Waals surface area contributed by atoms with Crippen LogP contribution in [0.15, 0.2) is 23.1 Å². The number of thioether (sulfide) groups is 1. The Kier molecular flexibility index (Phi) is 7.32. The number of hydrogen-bond donors (Lipinski definition) is 1. The maximum absolute atomic E-state index is 12.0. The van der Waals surface area contributed by atoms with Gasteiger partial charge in [0, 0.05) is 36.1 Å². The Labute approximate surface area is 133 Å². The van der Waals surface area contributed by atoms with Crippen molar-refractivity contribution >= 4 is 53.3 Å². The Morgan fingerprint density at radius 3 is 2.68 bits per heavy atom. The van der Waals surface area contributed by atoms with Crippen LogP contribution in [0.4, 0.5) is 0 Å². The molecule has 1 saturated heterocycles. The van der Waals surface area contributed by atoms with Crippen LogP contribution in [-0.2, 0) is 4.79 Å². The molecule has 0 saturated carbocycles. The lowest BCUT2D eigenvalue weighted by atomic mass is 10.3. The van der Waals surface area contributed by atoms with Crippen molar-refractivity contribution in [2.75, 3.05) is 31.9 Å². The van der Waals surface area contributed by atoms with Gasteiger partial charge in [-0.25, -0.2) is 0 Å². The summed E-state index contributed by atoms with van der Waals surface area (Å²) in [4.78, 5) is 14.7. The van der Waals surface area contributed by atoms with E-state index < -0.39 is 0 Å². The predicted octanol–water partition coefficient (Wildman–Crippen LogP) is 2.94. The first-order valence-corrected chi connectivity index (χ1v) is 7.47. The lowest BCUT2D eigenvalue weighted by Crippen LogP contribution is -2.47. The number of piperazine rings is 1. The fraction of sp³-hybridized carbons (Fsp3) is 0.417. The third kappa shape index (κ3) is 5.04. The van der Waals surface area contributed by atoms with E-state index in [9.17, 15) is 4.79 Å². The molecule has 0 bridgehead atoms. The Balaban J connectivity index is 0.00000180. The third-order valence-electron chi connectivity index (χ3n) is 2.71. The van der Waals surface area contributed by atoms with E-state index in [0.29, 0.717) is 15.8 Å². The SMILES string of the molecule is Cl.O=C(CSc1cc(Cl)ccc1Cl)N1CCNCC1. The Hall–Kier alpha value is -0.130. The highest BCUT2D eigenvalue weighted by molar-refractivity contribution is 8.00. The summed E-state index contributed by atoms with van der Waals surface area (Å²) in [7, 11) is 0. The summed E-state index contributed by atoms with van der Waals surface area (Å²) in [6, 6.07) is 5.28. The number of benzene rings is 1. The van der Waals surface area contributed by atoms with Gasteiger partial charge in [-0.05, 0) is 18.2 Å². The van der Waals surface area contributed by atoms with Gasteiger partial charge in [0.15, 0.2) is 0 Å². The molecule has 0 aromatic heterocycles. The molecule has 2 rings (SSSR count). The van der Waals surface area contributed by atoms with Crippen LogP contribution < -0.4 is 5.32 Å². The minimum Gasteiger partial charge on any atom is -0.339 e. The minimum absolute atomic E-state index is 0. The summed E-state index contributed by atoms with van der Waals surface area (Å²) in [5.41, 5.74) is 0. The number of rotatable bonds is 3. The number of halogens is 3. The van der Waals surface area contributed by atoms with E-state index in [1.165, 1.54) is 11.8 Å². The van der Waals surface area contributed by atoms with E-state index in [1.54, 1.807) is 18.2 Å². The summed E-state index contributed by atoms with van der Waals surface area (Å²) < 4.78 is 0. The molecule has 1 aromatic carbocycles. The number of carbonyl (C=O) groups excluding carboxylic acids is 1. The standard InChI is InChI=1S/C12H14Cl2N2OS.ClH/c13-9-1-2-10(14)11(7-9)18-8-12(17)16-5-3-15-4-6-16;/h1-2,7,15H,3-6,8H2;1H. The van der Waals surface area contributed by atoms with Crippen LogP contribution in [0.5, 0.6) is 0 Å². The number of carbonyl (C=O) groups is 1.